The average molecular weight is 945 g/mol. The van der Waals surface area contributed by atoms with Crippen molar-refractivity contribution in [3.8, 4) is 44.8 Å². The van der Waals surface area contributed by atoms with Gasteiger partial charge < -0.3 is 9.13 Å². The van der Waals surface area contributed by atoms with Gasteiger partial charge in [0.2, 0.25) is 0 Å². The normalized spacial score (nSPS) is 15.8. The van der Waals surface area contributed by atoms with Gasteiger partial charge in [-0.25, -0.2) is 0 Å². The van der Waals surface area contributed by atoms with E-state index in [2.05, 4.69) is 261 Å². The van der Waals surface area contributed by atoms with Crippen molar-refractivity contribution in [2.45, 2.75) is 50.9 Å². The van der Waals surface area contributed by atoms with Crippen LogP contribution >= 0.6 is 0 Å². The Bertz CT molecular complexity index is 4610. The summed E-state index contributed by atoms with van der Waals surface area (Å²) in [6.07, 6.45) is 5.82. The molecule has 0 amide bonds. The van der Waals surface area contributed by atoms with Crippen molar-refractivity contribution in [3.05, 3.63) is 257 Å². The van der Waals surface area contributed by atoms with E-state index in [0.29, 0.717) is 0 Å². The largest absolute Gasteiger partial charge is 0.310 e. The molecule has 0 spiro atoms. The summed E-state index contributed by atoms with van der Waals surface area (Å²) in [4.78, 5) is 0. The summed E-state index contributed by atoms with van der Waals surface area (Å²) in [6, 6.07) is 80.6. The van der Waals surface area contributed by atoms with E-state index in [1.54, 1.807) is 0 Å². The molecule has 16 rings (SSSR count). The number of hydrogen-bond acceptors (Lipinski definition) is 0. The van der Waals surface area contributed by atoms with Crippen LogP contribution in [0.4, 0.5) is 0 Å². The van der Waals surface area contributed by atoms with E-state index in [4.69, 9.17) is 0 Å². The van der Waals surface area contributed by atoms with E-state index in [-0.39, 0.29) is 16.7 Å². The molecule has 0 fully saturated rings. The SMILES string of the molecule is CC1(C)c2ccccc2-c2cc3c4c(n(-c5ccccc5)c3cc21)C=CC(c1ccc2c3ccccc3c3ccc(-c5ccc6c(c5)c5cc7c(cc5n6-c5ccccc5)C(C)(C)c5ccccc5-7)cc3c2c1)C4. The first-order valence-corrected chi connectivity index (χ1v) is 26.4. The van der Waals surface area contributed by atoms with E-state index >= 15 is 0 Å². The molecule has 0 radical (unpaired) electrons. The zero-order valence-electron chi connectivity index (χ0n) is 42.0. The van der Waals surface area contributed by atoms with Crippen LogP contribution in [-0.4, -0.2) is 9.13 Å². The number of hydrogen-bond donors (Lipinski definition) is 0. The van der Waals surface area contributed by atoms with Gasteiger partial charge in [0.25, 0.3) is 0 Å². The van der Waals surface area contributed by atoms with Crippen LogP contribution in [0.1, 0.15) is 72.7 Å². The molecule has 350 valence electrons. The lowest BCUT2D eigenvalue weighted by Crippen LogP contribution is -2.15. The molecule has 0 saturated heterocycles. The summed E-state index contributed by atoms with van der Waals surface area (Å²) in [5.74, 6) is 0.215. The second-order valence-electron chi connectivity index (χ2n) is 22.4. The Balaban J connectivity index is 0.863. The lowest BCUT2D eigenvalue weighted by molar-refractivity contribution is 0.661. The van der Waals surface area contributed by atoms with Crippen LogP contribution in [0.15, 0.2) is 218 Å². The van der Waals surface area contributed by atoms with Crippen molar-refractivity contribution >= 4 is 71.1 Å². The van der Waals surface area contributed by atoms with Crippen molar-refractivity contribution in [1.29, 1.82) is 0 Å². The number of para-hydroxylation sites is 2. The van der Waals surface area contributed by atoms with Gasteiger partial charge >= 0.3 is 0 Å². The fraction of sp³-hybridized carbons (Fsp3) is 0.111. The molecule has 2 heteroatoms. The van der Waals surface area contributed by atoms with Gasteiger partial charge in [-0.05, 0) is 184 Å². The maximum atomic E-state index is 2.53. The van der Waals surface area contributed by atoms with Crippen LogP contribution < -0.4 is 0 Å². The summed E-state index contributed by atoms with van der Waals surface area (Å²) >= 11 is 0. The number of aromatic nitrogens is 2. The molecule has 2 heterocycles. The Labute approximate surface area is 431 Å². The summed E-state index contributed by atoms with van der Waals surface area (Å²) < 4.78 is 4.99. The first-order chi connectivity index (χ1) is 36.2. The first kappa shape index (κ1) is 41.9. The molecule has 0 bridgehead atoms. The molecule has 1 unspecified atom stereocenters. The van der Waals surface area contributed by atoms with Crippen molar-refractivity contribution in [2.24, 2.45) is 0 Å². The molecule has 3 aliphatic carbocycles. The number of fused-ring (bicyclic) bond motifs is 18. The molecule has 0 N–H and O–H groups in total. The molecule has 0 saturated carbocycles. The minimum atomic E-state index is -0.0919. The van der Waals surface area contributed by atoms with Gasteiger partial charge in [0.1, 0.15) is 0 Å². The maximum Gasteiger partial charge on any atom is 0.0544 e. The van der Waals surface area contributed by atoms with E-state index in [0.717, 1.165) is 6.42 Å². The first-order valence-electron chi connectivity index (χ1n) is 26.4. The second kappa shape index (κ2) is 14.9. The quantitative estimate of drug-likeness (QED) is 0.156. The second-order valence-corrected chi connectivity index (χ2v) is 22.4. The van der Waals surface area contributed by atoms with Crippen molar-refractivity contribution in [3.63, 3.8) is 0 Å². The van der Waals surface area contributed by atoms with E-state index < -0.39 is 0 Å². The number of rotatable bonds is 4. The standard InChI is InChI=1S/C72H52N2/c1-71(2)63-25-15-13-23-53(63)57-39-61-59-37-45(29-33-67(59)73(69(61)41-65(57)71)47-17-7-5-8-18-47)43-27-31-51-49-21-11-12-22-50(49)52-32-28-44(36-56(52)55(51)35-43)46-30-34-68-60(38-46)62-40-58-54-24-14-16-26-64(54)72(3,4)66(58)42-70(62)74(68)48-19-9-6-10-20-48/h5-37,39-42,46H,38H2,1-4H3. The van der Waals surface area contributed by atoms with Gasteiger partial charge in [-0.1, -0.05) is 173 Å². The van der Waals surface area contributed by atoms with Crippen LogP contribution in [-0.2, 0) is 17.3 Å². The third-order valence-electron chi connectivity index (χ3n) is 17.8. The maximum absolute atomic E-state index is 2.53. The predicted octanol–water partition coefficient (Wildman–Crippen LogP) is 18.8. The van der Waals surface area contributed by atoms with E-state index in [9.17, 15) is 0 Å². The topological polar surface area (TPSA) is 9.86 Å². The summed E-state index contributed by atoms with van der Waals surface area (Å²) in [5, 5.41) is 11.7. The third kappa shape index (κ3) is 5.66. The molecule has 2 nitrogen and oxygen atoms in total. The Morgan fingerprint density at radius 1 is 0.351 bits per heavy atom. The predicted molar refractivity (Wildman–Crippen MR) is 313 cm³/mol. The highest BCUT2D eigenvalue weighted by molar-refractivity contribution is 6.26. The van der Waals surface area contributed by atoms with Crippen LogP contribution in [0, 0.1) is 0 Å². The molecule has 13 aromatic rings. The average Bonchev–Trinajstić information content (AvgIpc) is 4.10. The highest BCUT2D eigenvalue weighted by atomic mass is 15.0. The van der Waals surface area contributed by atoms with Gasteiger partial charge in [0, 0.05) is 50.0 Å². The van der Waals surface area contributed by atoms with Crippen LogP contribution in [0.5, 0.6) is 0 Å². The zero-order valence-corrected chi connectivity index (χ0v) is 42.0. The monoisotopic (exact) mass is 944 g/mol. The van der Waals surface area contributed by atoms with Gasteiger partial charge in [-0.2, -0.15) is 0 Å². The molecule has 1 atom stereocenters. The van der Waals surface area contributed by atoms with Crippen molar-refractivity contribution in [2.75, 3.05) is 0 Å². The Morgan fingerprint density at radius 2 is 0.838 bits per heavy atom. The molecule has 2 aromatic heterocycles. The van der Waals surface area contributed by atoms with Crippen LogP contribution in [0.2, 0.25) is 0 Å². The smallest absolute Gasteiger partial charge is 0.0544 e. The van der Waals surface area contributed by atoms with Crippen LogP contribution in [0.3, 0.4) is 0 Å². The van der Waals surface area contributed by atoms with E-state index in [1.165, 1.54) is 149 Å². The van der Waals surface area contributed by atoms with Gasteiger partial charge in [-0.15, -0.1) is 0 Å². The molecular weight excluding hydrogens is 893 g/mol. The minimum absolute atomic E-state index is 0.0799. The number of nitrogens with zero attached hydrogens (tertiary/aromatic N) is 2. The van der Waals surface area contributed by atoms with Crippen molar-refractivity contribution < 1.29 is 0 Å². The molecular formula is C72H52N2. The van der Waals surface area contributed by atoms with Gasteiger partial charge in [0.05, 0.1) is 16.6 Å². The fourth-order valence-corrected chi connectivity index (χ4v) is 14.2. The van der Waals surface area contributed by atoms with Gasteiger partial charge in [-0.3, -0.25) is 0 Å². The Kier molecular flexibility index (Phi) is 8.45. The Morgan fingerprint density at radius 3 is 1.49 bits per heavy atom. The molecule has 0 aliphatic heterocycles. The third-order valence-corrected chi connectivity index (χ3v) is 17.8. The van der Waals surface area contributed by atoms with E-state index in [1.807, 2.05) is 0 Å². The van der Waals surface area contributed by atoms with Crippen molar-refractivity contribution in [1.82, 2.24) is 9.13 Å². The number of allylic oxidation sites excluding steroid dienone is 1. The van der Waals surface area contributed by atoms with Crippen LogP contribution in [0.25, 0.3) is 116 Å². The molecule has 74 heavy (non-hydrogen) atoms. The lowest BCUT2D eigenvalue weighted by Gasteiger charge is -2.21. The zero-order chi connectivity index (χ0) is 49.2. The Hall–Kier alpha value is -8.72. The van der Waals surface area contributed by atoms with Gasteiger partial charge in [0.15, 0.2) is 0 Å². The summed E-state index contributed by atoms with van der Waals surface area (Å²) in [5.41, 5.74) is 23.5. The summed E-state index contributed by atoms with van der Waals surface area (Å²) in [7, 11) is 0. The molecule has 11 aromatic carbocycles. The highest BCUT2D eigenvalue weighted by Gasteiger charge is 2.38. The lowest BCUT2D eigenvalue weighted by atomic mass is 9.82. The molecule has 3 aliphatic rings. The summed E-state index contributed by atoms with van der Waals surface area (Å²) in [6.45, 7) is 9.53. The highest BCUT2D eigenvalue weighted by Crippen LogP contribution is 2.53. The fourth-order valence-electron chi connectivity index (χ4n) is 14.2. The minimum Gasteiger partial charge on any atom is -0.310 e. The number of benzene rings is 11.